The summed E-state index contributed by atoms with van der Waals surface area (Å²) in [7, 11) is 0. The number of hydrogen-bond donors (Lipinski definition) is 0. The molecule has 2 aromatic rings. The van der Waals surface area contributed by atoms with Crippen molar-refractivity contribution in [1.29, 1.82) is 0 Å². The second-order valence-electron chi connectivity index (χ2n) is 6.03. The molecule has 1 aliphatic rings. The molecule has 0 aromatic heterocycles. The van der Waals surface area contributed by atoms with Gasteiger partial charge < -0.3 is 14.4 Å². The lowest BCUT2D eigenvalue weighted by atomic mass is 10.1. The third kappa shape index (κ3) is 4.43. The van der Waals surface area contributed by atoms with Crippen LogP contribution in [0, 0.1) is 0 Å². The molecule has 0 spiro atoms. The van der Waals surface area contributed by atoms with Crippen LogP contribution in [0.25, 0.3) is 0 Å². The van der Waals surface area contributed by atoms with Crippen molar-refractivity contribution >= 4 is 27.6 Å². The highest BCUT2D eigenvalue weighted by atomic mass is 79.9. The largest absolute Gasteiger partial charge is 0.454 e. The third-order valence-electron chi connectivity index (χ3n) is 4.28. The van der Waals surface area contributed by atoms with Gasteiger partial charge in [0.05, 0.1) is 0 Å². The number of benzene rings is 2. The van der Waals surface area contributed by atoms with Crippen LogP contribution in [0.4, 0.5) is 0 Å². The van der Waals surface area contributed by atoms with Gasteiger partial charge in [-0.3, -0.25) is 9.59 Å². The zero-order chi connectivity index (χ0) is 18.5. The molecule has 0 atom stereocenters. The number of carbonyl (C=O) groups excluding carboxylic acids is 2. The Morgan fingerprint density at radius 3 is 2.50 bits per heavy atom. The van der Waals surface area contributed by atoms with Crippen LogP contribution in [0.15, 0.2) is 46.9 Å². The van der Waals surface area contributed by atoms with E-state index in [4.69, 9.17) is 9.47 Å². The summed E-state index contributed by atoms with van der Waals surface area (Å²) in [6, 6.07) is 12.9. The molecule has 0 saturated heterocycles. The van der Waals surface area contributed by atoms with Crippen molar-refractivity contribution in [2.75, 3.05) is 13.3 Å². The molecule has 0 aliphatic carbocycles. The summed E-state index contributed by atoms with van der Waals surface area (Å²) < 4.78 is 11.6. The minimum Gasteiger partial charge on any atom is -0.454 e. The number of carbonyl (C=O) groups is 2. The van der Waals surface area contributed by atoms with Gasteiger partial charge in [0.2, 0.25) is 12.7 Å². The van der Waals surface area contributed by atoms with E-state index in [2.05, 4.69) is 15.9 Å². The van der Waals surface area contributed by atoms with Crippen LogP contribution in [-0.4, -0.2) is 29.9 Å². The molecule has 1 aliphatic heterocycles. The fourth-order valence-corrected chi connectivity index (χ4v) is 3.06. The fourth-order valence-electron chi connectivity index (χ4n) is 2.79. The highest BCUT2D eigenvalue weighted by Gasteiger charge is 2.17. The molecule has 3 rings (SSSR count). The van der Waals surface area contributed by atoms with E-state index in [-0.39, 0.29) is 31.3 Å². The fraction of sp³-hybridized carbons (Fsp3) is 0.300. The van der Waals surface area contributed by atoms with Crippen molar-refractivity contribution in [3.8, 4) is 11.5 Å². The maximum Gasteiger partial charge on any atom is 0.231 e. The predicted molar refractivity (Wildman–Crippen MR) is 101 cm³/mol. The summed E-state index contributed by atoms with van der Waals surface area (Å²) in [5.74, 6) is 1.38. The minimum absolute atomic E-state index is 0.0232. The summed E-state index contributed by atoms with van der Waals surface area (Å²) in [6.45, 7) is 3.23. The highest BCUT2D eigenvalue weighted by Crippen LogP contribution is 2.32. The summed E-state index contributed by atoms with van der Waals surface area (Å²) >= 11 is 3.35. The van der Waals surface area contributed by atoms with Gasteiger partial charge in [-0.15, -0.1) is 0 Å². The van der Waals surface area contributed by atoms with E-state index in [1.165, 1.54) is 0 Å². The average molecular weight is 418 g/mol. The summed E-state index contributed by atoms with van der Waals surface area (Å²) in [5.41, 5.74) is 1.60. The van der Waals surface area contributed by atoms with Gasteiger partial charge in [-0.05, 0) is 36.8 Å². The molecular weight excluding hydrogens is 398 g/mol. The number of Topliss-reactive ketones (excluding diaryl/α,β-unsaturated/α-hetero) is 1. The quantitative estimate of drug-likeness (QED) is 0.633. The molecule has 0 bridgehead atoms. The van der Waals surface area contributed by atoms with Gasteiger partial charge in [-0.2, -0.15) is 0 Å². The van der Waals surface area contributed by atoms with Gasteiger partial charge in [0, 0.05) is 36.0 Å². The molecule has 0 unspecified atom stereocenters. The van der Waals surface area contributed by atoms with Gasteiger partial charge in [0.25, 0.3) is 0 Å². The van der Waals surface area contributed by atoms with Gasteiger partial charge in [-0.1, -0.05) is 34.1 Å². The lowest BCUT2D eigenvalue weighted by Gasteiger charge is -2.21. The van der Waals surface area contributed by atoms with E-state index in [1.807, 2.05) is 37.3 Å². The molecule has 5 nitrogen and oxygen atoms in total. The van der Waals surface area contributed by atoms with Crippen molar-refractivity contribution in [2.24, 2.45) is 0 Å². The van der Waals surface area contributed by atoms with Crippen LogP contribution in [-0.2, 0) is 11.3 Å². The first-order chi connectivity index (χ1) is 12.6. The molecule has 1 amide bonds. The lowest BCUT2D eigenvalue weighted by molar-refractivity contribution is -0.131. The molecule has 26 heavy (non-hydrogen) atoms. The molecule has 6 heteroatoms. The summed E-state index contributed by atoms with van der Waals surface area (Å²) in [6.07, 6.45) is 0.408. The topological polar surface area (TPSA) is 55.8 Å². The van der Waals surface area contributed by atoms with Crippen molar-refractivity contribution < 1.29 is 19.1 Å². The summed E-state index contributed by atoms with van der Waals surface area (Å²) in [4.78, 5) is 26.5. The Bertz CT molecular complexity index is 804. The van der Waals surface area contributed by atoms with Gasteiger partial charge in [0.1, 0.15) is 0 Å². The van der Waals surface area contributed by atoms with E-state index in [1.54, 1.807) is 17.0 Å². The van der Waals surface area contributed by atoms with E-state index in [9.17, 15) is 9.59 Å². The number of hydrogen-bond acceptors (Lipinski definition) is 4. The van der Waals surface area contributed by atoms with Crippen molar-refractivity contribution in [3.05, 3.63) is 58.1 Å². The zero-order valence-corrected chi connectivity index (χ0v) is 16.1. The van der Waals surface area contributed by atoms with Crippen LogP contribution >= 0.6 is 15.9 Å². The van der Waals surface area contributed by atoms with Crippen molar-refractivity contribution in [1.82, 2.24) is 4.90 Å². The number of amides is 1. The monoisotopic (exact) mass is 417 g/mol. The second-order valence-corrected chi connectivity index (χ2v) is 6.94. The van der Waals surface area contributed by atoms with Crippen molar-refractivity contribution in [2.45, 2.75) is 26.3 Å². The minimum atomic E-state index is -0.0318. The lowest BCUT2D eigenvalue weighted by Crippen LogP contribution is -2.30. The van der Waals surface area contributed by atoms with Crippen LogP contribution < -0.4 is 9.47 Å². The molecule has 1 heterocycles. The van der Waals surface area contributed by atoms with Gasteiger partial charge in [-0.25, -0.2) is 0 Å². The van der Waals surface area contributed by atoms with Crippen molar-refractivity contribution in [3.63, 3.8) is 0 Å². The van der Waals surface area contributed by atoms with Crippen LogP contribution in [0.3, 0.4) is 0 Å². The maximum absolute atomic E-state index is 12.5. The Labute approximate surface area is 161 Å². The molecule has 0 radical (unpaired) electrons. The maximum atomic E-state index is 12.5. The highest BCUT2D eigenvalue weighted by molar-refractivity contribution is 9.10. The molecule has 0 N–H and O–H groups in total. The Morgan fingerprint density at radius 2 is 1.77 bits per heavy atom. The third-order valence-corrected chi connectivity index (χ3v) is 4.81. The Balaban J connectivity index is 1.56. The predicted octanol–water partition coefficient (Wildman–Crippen LogP) is 4.19. The Morgan fingerprint density at radius 1 is 1.04 bits per heavy atom. The number of halogens is 1. The molecule has 0 saturated carbocycles. The Hall–Kier alpha value is -2.34. The van der Waals surface area contributed by atoms with E-state index in [0.717, 1.165) is 15.8 Å². The van der Waals surface area contributed by atoms with E-state index < -0.39 is 0 Å². The Kier molecular flexibility index (Phi) is 5.93. The van der Waals surface area contributed by atoms with E-state index >= 15 is 0 Å². The van der Waals surface area contributed by atoms with Gasteiger partial charge >= 0.3 is 0 Å². The first-order valence-corrected chi connectivity index (χ1v) is 9.31. The van der Waals surface area contributed by atoms with Gasteiger partial charge in [0.15, 0.2) is 17.3 Å². The number of ether oxygens (including phenoxy) is 2. The summed E-state index contributed by atoms with van der Waals surface area (Å²) in [5, 5.41) is 0. The molecule has 2 aromatic carbocycles. The van der Waals surface area contributed by atoms with Crippen LogP contribution in [0.5, 0.6) is 11.5 Å². The molecule has 136 valence electrons. The number of fused-ring (bicyclic) bond motifs is 1. The standard InChI is InChI=1S/C20H20BrNO4/c1-2-22(12-14-3-9-18-19(11-14)26-13-25-18)20(24)10-8-17(23)15-4-6-16(21)7-5-15/h3-7,9,11H,2,8,10,12-13H2,1H3. The normalized spacial score (nSPS) is 12.1. The smallest absolute Gasteiger partial charge is 0.231 e. The first kappa shape index (κ1) is 18.5. The second kappa shape index (κ2) is 8.36. The molecular formula is C20H20BrNO4. The average Bonchev–Trinajstić information content (AvgIpc) is 3.12. The molecule has 0 fully saturated rings. The SMILES string of the molecule is CCN(Cc1ccc2c(c1)OCO2)C(=O)CCC(=O)c1ccc(Br)cc1. The van der Waals surface area contributed by atoms with E-state index in [0.29, 0.717) is 24.4 Å². The van der Waals surface area contributed by atoms with Crippen LogP contribution in [0.1, 0.15) is 35.7 Å². The number of nitrogens with zero attached hydrogens (tertiary/aromatic N) is 1. The van der Waals surface area contributed by atoms with Crippen LogP contribution in [0.2, 0.25) is 0 Å². The number of ketones is 1. The first-order valence-electron chi connectivity index (χ1n) is 8.52. The number of rotatable bonds is 7. The zero-order valence-electron chi connectivity index (χ0n) is 14.5.